The zero-order chi connectivity index (χ0) is 15.2. The maximum absolute atomic E-state index is 6.26. The molecule has 4 nitrogen and oxygen atoms in total. The van der Waals surface area contributed by atoms with Crippen LogP contribution in [0.5, 0.6) is 5.75 Å². The molecule has 0 aliphatic carbocycles. The summed E-state index contributed by atoms with van der Waals surface area (Å²) in [5.74, 6) is 1.70. The van der Waals surface area contributed by atoms with Gasteiger partial charge in [-0.15, -0.1) is 11.6 Å². The highest BCUT2D eigenvalue weighted by Gasteiger charge is 2.15. The van der Waals surface area contributed by atoms with E-state index in [0.29, 0.717) is 6.61 Å². The molecule has 1 heterocycles. The molecule has 5 heteroatoms. The number of hydrogen-bond donors (Lipinski definition) is 0. The molecule has 116 valence electrons. The van der Waals surface area contributed by atoms with Gasteiger partial charge in [-0.3, -0.25) is 0 Å². The monoisotopic (exact) mass is 310 g/mol. The first-order chi connectivity index (χ1) is 10.2. The number of hydrogen-bond acceptors (Lipinski definition) is 3. The number of imidazole rings is 1. The van der Waals surface area contributed by atoms with Gasteiger partial charge >= 0.3 is 0 Å². The second-order valence-corrected chi connectivity index (χ2v) is 5.71. The van der Waals surface area contributed by atoms with E-state index >= 15 is 0 Å². The van der Waals surface area contributed by atoms with Crippen molar-refractivity contribution in [1.29, 1.82) is 0 Å². The molecule has 1 aromatic heterocycles. The molecule has 0 N–H and O–H groups in total. The highest BCUT2D eigenvalue weighted by Crippen LogP contribution is 2.27. The van der Waals surface area contributed by atoms with Crippen LogP contribution in [-0.2, 0) is 11.3 Å². The van der Waals surface area contributed by atoms with E-state index in [0.717, 1.165) is 48.6 Å². The Morgan fingerprint density at radius 1 is 1.33 bits per heavy atom. The van der Waals surface area contributed by atoms with Crippen molar-refractivity contribution < 1.29 is 9.47 Å². The lowest BCUT2D eigenvalue weighted by Crippen LogP contribution is -2.10. The van der Waals surface area contributed by atoms with Gasteiger partial charge in [0.05, 0.1) is 30.1 Å². The third-order valence-corrected chi connectivity index (χ3v) is 3.64. The Labute approximate surface area is 131 Å². The summed E-state index contributed by atoms with van der Waals surface area (Å²) in [5.41, 5.74) is 1.97. The number of halogens is 1. The van der Waals surface area contributed by atoms with Crippen LogP contribution in [0.1, 0.15) is 37.9 Å². The quantitative estimate of drug-likeness (QED) is 0.542. The number of ether oxygens (including phenoxy) is 2. The number of benzene rings is 1. The largest absolute Gasteiger partial charge is 0.497 e. The minimum absolute atomic E-state index is 0.140. The summed E-state index contributed by atoms with van der Waals surface area (Å²) in [5, 5.41) is -0.140. The van der Waals surface area contributed by atoms with E-state index in [1.54, 1.807) is 7.11 Å². The molecule has 0 amide bonds. The second-order valence-electron chi connectivity index (χ2n) is 5.06. The fraction of sp³-hybridized carbons (Fsp3) is 0.562. The molecule has 0 saturated heterocycles. The van der Waals surface area contributed by atoms with Crippen molar-refractivity contribution in [3.05, 3.63) is 24.0 Å². The van der Waals surface area contributed by atoms with Crippen LogP contribution < -0.4 is 4.74 Å². The van der Waals surface area contributed by atoms with Crippen molar-refractivity contribution >= 4 is 22.6 Å². The van der Waals surface area contributed by atoms with Gasteiger partial charge in [0.1, 0.15) is 11.6 Å². The normalized spacial score (nSPS) is 12.8. The Morgan fingerprint density at radius 2 is 2.14 bits per heavy atom. The van der Waals surface area contributed by atoms with Crippen LogP contribution in [0.25, 0.3) is 11.0 Å². The van der Waals surface area contributed by atoms with Crippen LogP contribution in [0, 0.1) is 0 Å². The van der Waals surface area contributed by atoms with Crippen LogP contribution >= 0.6 is 11.6 Å². The minimum Gasteiger partial charge on any atom is -0.497 e. The maximum atomic E-state index is 6.26. The summed E-state index contributed by atoms with van der Waals surface area (Å²) in [6.45, 7) is 6.32. The highest BCUT2D eigenvalue weighted by atomic mass is 35.5. The van der Waals surface area contributed by atoms with Crippen molar-refractivity contribution in [2.45, 2.75) is 38.6 Å². The predicted molar refractivity (Wildman–Crippen MR) is 86.3 cm³/mol. The molecular weight excluding hydrogens is 288 g/mol. The van der Waals surface area contributed by atoms with Gasteiger partial charge in [0.2, 0.25) is 0 Å². The number of methoxy groups -OCH3 is 1. The Morgan fingerprint density at radius 3 is 2.81 bits per heavy atom. The summed E-state index contributed by atoms with van der Waals surface area (Å²) in [6, 6.07) is 5.88. The topological polar surface area (TPSA) is 36.3 Å². The predicted octanol–water partition coefficient (Wildman–Crippen LogP) is 4.16. The molecule has 0 aliphatic heterocycles. The number of alkyl halides is 1. The molecule has 1 aromatic carbocycles. The Balaban J connectivity index is 2.22. The molecule has 0 spiro atoms. The summed E-state index contributed by atoms with van der Waals surface area (Å²) < 4.78 is 13.1. The summed E-state index contributed by atoms with van der Waals surface area (Å²) in [6.07, 6.45) is 2.24. The van der Waals surface area contributed by atoms with E-state index in [-0.39, 0.29) is 5.38 Å². The maximum Gasteiger partial charge on any atom is 0.127 e. The van der Waals surface area contributed by atoms with Gasteiger partial charge in [0, 0.05) is 19.2 Å². The Hall–Kier alpha value is -1.26. The lowest BCUT2D eigenvalue weighted by Gasteiger charge is -2.11. The minimum atomic E-state index is -0.140. The molecular formula is C16H23ClN2O2. The fourth-order valence-corrected chi connectivity index (χ4v) is 2.46. The van der Waals surface area contributed by atoms with E-state index in [1.807, 2.05) is 25.1 Å². The van der Waals surface area contributed by atoms with Gasteiger partial charge in [-0.05, 0) is 25.5 Å². The zero-order valence-electron chi connectivity index (χ0n) is 12.9. The van der Waals surface area contributed by atoms with E-state index in [2.05, 4.69) is 16.5 Å². The molecule has 1 atom stereocenters. The average Bonchev–Trinajstić information content (AvgIpc) is 2.85. The van der Waals surface area contributed by atoms with Gasteiger partial charge in [-0.1, -0.05) is 13.3 Å². The van der Waals surface area contributed by atoms with E-state index < -0.39 is 0 Å². The Kier molecular flexibility index (Phi) is 5.88. The van der Waals surface area contributed by atoms with Gasteiger partial charge in [-0.25, -0.2) is 4.98 Å². The first kappa shape index (κ1) is 16.1. The lowest BCUT2D eigenvalue weighted by atomic mass is 10.3. The molecule has 2 rings (SSSR count). The number of unbranched alkanes of at least 4 members (excludes halogenated alkanes) is 1. The van der Waals surface area contributed by atoms with Gasteiger partial charge in [-0.2, -0.15) is 0 Å². The molecule has 21 heavy (non-hydrogen) atoms. The number of rotatable bonds is 8. The van der Waals surface area contributed by atoms with Gasteiger partial charge in [0.25, 0.3) is 0 Å². The fourth-order valence-electron chi connectivity index (χ4n) is 2.29. The van der Waals surface area contributed by atoms with Gasteiger partial charge < -0.3 is 14.0 Å². The summed E-state index contributed by atoms with van der Waals surface area (Å²) >= 11 is 6.26. The molecule has 0 fully saturated rings. The first-order valence-electron chi connectivity index (χ1n) is 7.43. The summed E-state index contributed by atoms with van der Waals surface area (Å²) in [4.78, 5) is 4.62. The number of aromatic nitrogens is 2. The van der Waals surface area contributed by atoms with Crippen LogP contribution in [0.4, 0.5) is 0 Å². The van der Waals surface area contributed by atoms with E-state index in [4.69, 9.17) is 21.1 Å². The molecule has 0 bridgehead atoms. The molecule has 0 aliphatic rings. The summed E-state index contributed by atoms with van der Waals surface area (Å²) in [7, 11) is 1.67. The highest BCUT2D eigenvalue weighted by molar-refractivity contribution is 6.20. The van der Waals surface area contributed by atoms with Crippen molar-refractivity contribution in [3.8, 4) is 5.75 Å². The van der Waals surface area contributed by atoms with Crippen LogP contribution in [0.15, 0.2) is 18.2 Å². The van der Waals surface area contributed by atoms with Crippen LogP contribution in [0.3, 0.4) is 0 Å². The smallest absolute Gasteiger partial charge is 0.127 e. The second kappa shape index (κ2) is 7.66. The average molecular weight is 311 g/mol. The molecule has 0 saturated carbocycles. The first-order valence-corrected chi connectivity index (χ1v) is 7.87. The van der Waals surface area contributed by atoms with Crippen LogP contribution in [-0.4, -0.2) is 29.9 Å². The van der Waals surface area contributed by atoms with Crippen LogP contribution in [0.2, 0.25) is 0 Å². The van der Waals surface area contributed by atoms with E-state index in [1.165, 1.54) is 0 Å². The Bertz CT molecular complexity index is 581. The van der Waals surface area contributed by atoms with Crippen molar-refractivity contribution in [2.24, 2.45) is 0 Å². The van der Waals surface area contributed by atoms with Crippen molar-refractivity contribution in [1.82, 2.24) is 9.55 Å². The number of nitrogens with zero attached hydrogens (tertiary/aromatic N) is 2. The lowest BCUT2D eigenvalue weighted by molar-refractivity contribution is 0.123. The molecule has 1 unspecified atom stereocenters. The molecule has 2 aromatic rings. The third-order valence-electron chi connectivity index (χ3n) is 3.44. The van der Waals surface area contributed by atoms with Crippen molar-refractivity contribution in [3.63, 3.8) is 0 Å². The third kappa shape index (κ3) is 3.89. The molecule has 0 radical (unpaired) electrons. The van der Waals surface area contributed by atoms with Crippen molar-refractivity contribution in [2.75, 3.05) is 20.3 Å². The SMILES string of the molecule is CCCCOCCn1c(C(C)Cl)nc2ccc(OC)cc21. The van der Waals surface area contributed by atoms with E-state index in [9.17, 15) is 0 Å². The standard InChI is InChI=1S/C16H23ClN2O2/c1-4-5-9-21-10-8-19-15-11-13(20-3)6-7-14(15)18-16(19)12(2)17/h6-7,11-12H,4-5,8-10H2,1-3H3. The number of fused-ring (bicyclic) bond motifs is 1. The van der Waals surface area contributed by atoms with Gasteiger partial charge in [0.15, 0.2) is 0 Å². The zero-order valence-corrected chi connectivity index (χ0v) is 13.7.